The number of aromatic nitrogens is 1. The molecule has 3 heteroatoms. The minimum absolute atomic E-state index is 0.211. The van der Waals surface area contributed by atoms with E-state index in [0.717, 1.165) is 23.3 Å². The second-order valence-electron chi connectivity index (χ2n) is 7.18. The van der Waals surface area contributed by atoms with Gasteiger partial charge in [-0.15, -0.1) is 0 Å². The molecule has 3 rings (SSSR count). The topological polar surface area (TPSA) is 42.4 Å². The summed E-state index contributed by atoms with van der Waals surface area (Å²) >= 11 is 0. The molecular formula is C24H27NO2. The Bertz CT molecular complexity index is 801. The average molecular weight is 361 g/mol. The Morgan fingerprint density at radius 2 is 1.59 bits per heavy atom. The van der Waals surface area contributed by atoms with E-state index in [4.69, 9.17) is 4.74 Å². The molecule has 27 heavy (non-hydrogen) atoms. The van der Waals surface area contributed by atoms with Crippen molar-refractivity contribution in [1.29, 1.82) is 0 Å². The van der Waals surface area contributed by atoms with E-state index in [1.54, 1.807) is 6.20 Å². The van der Waals surface area contributed by atoms with Gasteiger partial charge in [0.1, 0.15) is 11.9 Å². The summed E-state index contributed by atoms with van der Waals surface area (Å²) in [4.78, 5) is 4.13. The summed E-state index contributed by atoms with van der Waals surface area (Å²) in [6.07, 6.45) is 4.27. The first-order valence-electron chi connectivity index (χ1n) is 9.52. The third-order valence-corrected chi connectivity index (χ3v) is 4.72. The van der Waals surface area contributed by atoms with E-state index in [9.17, 15) is 5.11 Å². The van der Waals surface area contributed by atoms with Crippen LogP contribution < -0.4 is 4.74 Å². The molecule has 0 fully saturated rings. The van der Waals surface area contributed by atoms with Crippen LogP contribution in [-0.4, -0.2) is 22.3 Å². The zero-order valence-electron chi connectivity index (χ0n) is 16.0. The first-order valence-corrected chi connectivity index (χ1v) is 9.52. The lowest BCUT2D eigenvalue weighted by molar-refractivity contribution is 0.00486. The van der Waals surface area contributed by atoms with Gasteiger partial charge in [-0.3, -0.25) is 4.98 Å². The Morgan fingerprint density at radius 1 is 0.889 bits per heavy atom. The number of aryl methyl sites for hydroxylation is 1. The number of nitrogens with zero attached hydrogens (tertiary/aromatic N) is 1. The molecule has 0 spiro atoms. The number of aliphatic hydroxyl groups excluding tert-OH is 1. The molecule has 1 heterocycles. The molecule has 0 radical (unpaired) electrons. The highest BCUT2D eigenvalue weighted by Gasteiger charge is 2.24. The summed E-state index contributed by atoms with van der Waals surface area (Å²) < 4.78 is 6.15. The van der Waals surface area contributed by atoms with Crippen LogP contribution in [-0.2, 0) is 6.42 Å². The Morgan fingerprint density at radius 3 is 2.22 bits per heavy atom. The zero-order chi connectivity index (χ0) is 19.1. The van der Waals surface area contributed by atoms with Crippen molar-refractivity contribution in [2.75, 3.05) is 0 Å². The second kappa shape index (κ2) is 9.33. The van der Waals surface area contributed by atoms with Gasteiger partial charge >= 0.3 is 0 Å². The number of ether oxygens (including phenoxy) is 1. The summed E-state index contributed by atoms with van der Waals surface area (Å²) in [5.41, 5.74) is 3.47. The molecule has 2 aromatic carbocycles. The van der Waals surface area contributed by atoms with E-state index in [-0.39, 0.29) is 12.0 Å². The van der Waals surface area contributed by atoms with Gasteiger partial charge in [0.05, 0.1) is 6.10 Å². The van der Waals surface area contributed by atoms with Gasteiger partial charge in [0.15, 0.2) is 0 Å². The predicted octanol–water partition coefficient (Wildman–Crippen LogP) is 5.15. The highest BCUT2D eigenvalue weighted by atomic mass is 16.5. The standard InChI is InChI=1S/C24H27NO2/c1-18(2)24(23(26)15-10-19-7-6-16-25-17-19)27-22-13-11-21(12-14-22)20-8-4-3-5-9-20/h3-9,11-14,16-18,23-24,26H,10,15H2,1-2H3. The quantitative estimate of drug-likeness (QED) is 0.604. The molecule has 140 valence electrons. The van der Waals surface area contributed by atoms with Crippen LogP contribution in [0.2, 0.25) is 0 Å². The molecule has 3 nitrogen and oxygen atoms in total. The lowest BCUT2D eigenvalue weighted by Gasteiger charge is -2.27. The molecule has 0 aliphatic carbocycles. The van der Waals surface area contributed by atoms with Crippen molar-refractivity contribution >= 4 is 0 Å². The molecule has 1 N–H and O–H groups in total. The Labute approximate surface area is 161 Å². The van der Waals surface area contributed by atoms with Gasteiger partial charge in [-0.05, 0) is 53.6 Å². The van der Waals surface area contributed by atoms with E-state index < -0.39 is 6.10 Å². The van der Waals surface area contributed by atoms with Crippen molar-refractivity contribution in [3.8, 4) is 16.9 Å². The number of hydrogen-bond acceptors (Lipinski definition) is 3. The van der Waals surface area contributed by atoms with Crippen LogP contribution in [0.1, 0.15) is 25.8 Å². The maximum absolute atomic E-state index is 10.7. The Hall–Kier alpha value is -2.65. The Kier molecular flexibility index (Phi) is 6.61. The van der Waals surface area contributed by atoms with E-state index >= 15 is 0 Å². The van der Waals surface area contributed by atoms with Crippen LogP contribution in [0.3, 0.4) is 0 Å². The maximum Gasteiger partial charge on any atom is 0.127 e. The minimum atomic E-state index is -0.529. The molecule has 0 aliphatic heterocycles. The molecule has 2 unspecified atom stereocenters. The molecule has 0 saturated carbocycles. The monoisotopic (exact) mass is 361 g/mol. The molecule has 0 aliphatic rings. The number of aliphatic hydroxyl groups is 1. The number of rotatable bonds is 8. The van der Waals surface area contributed by atoms with Crippen LogP contribution in [0.15, 0.2) is 79.1 Å². The van der Waals surface area contributed by atoms with Crippen LogP contribution >= 0.6 is 0 Å². The fraction of sp³-hybridized carbons (Fsp3) is 0.292. The van der Waals surface area contributed by atoms with Crippen molar-refractivity contribution in [3.05, 3.63) is 84.7 Å². The highest BCUT2D eigenvalue weighted by molar-refractivity contribution is 5.63. The second-order valence-corrected chi connectivity index (χ2v) is 7.18. The molecule has 3 aromatic rings. The molecule has 0 saturated heterocycles. The SMILES string of the molecule is CC(C)C(Oc1ccc(-c2ccccc2)cc1)C(O)CCc1cccnc1. The molecule has 0 amide bonds. The summed E-state index contributed by atoms with van der Waals surface area (Å²) in [5, 5.41) is 10.7. The van der Waals surface area contributed by atoms with Crippen molar-refractivity contribution in [3.63, 3.8) is 0 Å². The van der Waals surface area contributed by atoms with Gasteiger partial charge in [0, 0.05) is 12.4 Å². The molecule has 1 aromatic heterocycles. The summed E-state index contributed by atoms with van der Waals surface area (Å²) in [7, 11) is 0. The first kappa shape index (κ1) is 19.1. The van der Waals surface area contributed by atoms with Gasteiger partial charge in [0.2, 0.25) is 0 Å². The van der Waals surface area contributed by atoms with Crippen molar-refractivity contribution in [1.82, 2.24) is 4.98 Å². The third-order valence-electron chi connectivity index (χ3n) is 4.72. The predicted molar refractivity (Wildman–Crippen MR) is 110 cm³/mol. The van der Waals surface area contributed by atoms with E-state index in [0.29, 0.717) is 6.42 Å². The highest BCUT2D eigenvalue weighted by Crippen LogP contribution is 2.25. The van der Waals surface area contributed by atoms with Gasteiger partial charge in [0.25, 0.3) is 0 Å². The number of pyridine rings is 1. The van der Waals surface area contributed by atoms with Gasteiger partial charge in [-0.2, -0.15) is 0 Å². The van der Waals surface area contributed by atoms with Gasteiger partial charge in [-0.1, -0.05) is 62.4 Å². The van der Waals surface area contributed by atoms with Crippen molar-refractivity contribution in [2.45, 2.75) is 38.9 Å². The van der Waals surface area contributed by atoms with E-state index in [1.807, 2.05) is 48.7 Å². The largest absolute Gasteiger partial charge is 0.487 e. The number of benzene rings is 2. The first-order chi connectivity index (χ1) is 13.1. The summed E-state index contributed by atoms with van der Waals surface area (Å²) in [6.45, 7) is 4.16. The van der Waals surface area contributed by atoms with Crippen molar-refractivity contribution < 1.29 is 9.84 Å². The minimum Gasteiger partial charge on any atom is -0.487 e. The van der Waals surface area contributed by atoms with Gasteiger partial charge in [-0.25, -0.2) is 0 Å². The molecule has 0 bridgehead atoms. The third kappa shape index (κ3) is 5.41. The average Bonchev–Trinajstić information content (AvgIpc) is 2.72. The van der Waals surface area contributed by atoms with E-state index in [1.165, 1.54) is 5.56 Å². The maximum atomic E-state index is 10.7. The molecule has 2 atom stereocenters. The smallest absolute Gasteiger partial charge is 0.127 e. The number of hydrogen-bond donors (Lipinski definition) is 1. The van der Waals surface area contributed by atoms with E-state index in [2.05, 4.69) is 43.1 Å². The lowest BCUT2D eigenvalue weighted by Crippen LogP contribution is -2.36. The van der Waals surface area contributed by atoms with Crippen LogP contribution in [0, 0.1) is 5.92 Å². The van der Waals surface area contributed by atoms with Crippen molar-refractivity contribution in [2.24, 2.45) is 5.92 Å². The lowest BCUT2D eigenvalue weighted by atomic mass is 9.96. The molecular weight excluding hydrogens is 334 g/mol. The van der Waals surface area contributed by atoms with Crippen LogP contribution in [0.25, 0.3) is 11.1 Å². The summed E-state index contributed by atoms with van der Waals surface area (Å²) in [6, 6.07) is 22.3. The van der Waals surface area contributed by atoms with Crippen LogP contribution in [0.5, 0.6) is 5.75 Å². The fourth-order valence-corrected chi connectivity index (χ4v) is 3.20. The Balaban J connectivity index is 1.63. The summed E-state index contributed by atoms with van der Waals surface area (Å²) in [5.74, 6) is 0.997. The zero-order valence-corrected chi connectivity index (χ0v) is 16.0. The normalized spacial score (nSPS) is 13.3. The fourth-order valence-electron chi connectivity index (χ4n) is 3.20. The van der Waals surface area contributed by atoms with Crippen LogP contribution in [0.4, 0.5) is 0 Å². The van der Waals surface area contributed by atoms with Gasteiger partial charge < -0.3 is 9.84 Å².